The van der Waals surface area contributed by atoms with E-state index < -0.39 is 16.6 Å². The zero-order chi connectivity index (χ0) is 68.6. The smallest absolute Gasteiger partial charge is 0.361 e. The SMILES string of the molecule is CC(C)c1cccc(C(C)C)c1-n1cc[n+](-c2c(C(C)C)cccc2C(C)C)c1N=[Si-]O[Si](C(C)(C)C)(C(C)(C)C)C(C)(C)C.CC(C)c1cccc(C(C)C)c1-n1cc[n+](-c2c(C(C)C)cccc2C(C)C)c1N=[Si-]O[Si](C(C)(C)C)(C(C)(C)C)C(C)(C)C. The van der Waals surface area contributed by atoms with Gasteiger partial charge in [0.2, 0.25) is 16.6 Å². The van der Waals surface area contributed by atoms with Gasteiger partial charge in [0.15, 0.2) is 0 Å². The first-order chi connectivity index (χ1) is 41.2. The lowest BCUT2D eigenvalue weighted by Crippen LogP contribution is -2.60. The first-order valence-electron chi connectivity index (χ1n) is 34.2. The summed E-state index contributed by atoms with van der Waals surface area (Å²) < 4.78 is 35.2. The van der Waals surface area contributed by atoms with E-state index in [1.807, 2.05) is 0 Å². The number of hydrogen-bond acceptors (Lipinski definition) is 4. The van der Waals surface area contributed by atoms with Crippen LogP contribution in [0.4, 0.5) is 11.9 Å². The maximum Gasteiger partial charge on any atom is 0.361 e. The molecule has 0 aliphatic carbocycles. The van der Waals surface area contributed by atoms with Crippen LogP contribution < -0.4 is 9.13 Å². The molecular weight excluding hydrogens is 1170 g/mol. The van der Waals surface area contributed by atoms with E-state index in [1.165, 1.54) is 67.3 Å². The summed E-state index contributed by atoms with van der Waals surface area (Å²) >= 11 is 0. The third-order valence-electron chi connectivity index (χ3n) is 19.0. The Morgan fingerprint density at radius 3 is 0.689 bits per heavy atom. The Hall–Kier alpha value is -4.63. The number of hydrogen-bond donors (Lipinski definition) is 0. The van der Waals surface area contributed by atoms with Crippen LogP contribution in [0.3, 0.4) is 0 Å². The van der Waals surface area contributed by atoms with Crippen molar-refractivity contribution in [3.05, 3.63) is 142 Å². The molecular formula is C78H126N6O2Si4. The van der Waals surface area contributed by atoms with Gasteiger partial charge in [0.05, 0.1) is 0 Å². The molecule has 0 spiro atoms. The normalized spacial score (nSPS) is 13.7. The number of nitrogens with zero attached hydrogens (tertiary/aromatic N) is 6. The van der Waals surface area contributed by atoms with E-state index in [9.17, 15) is 0 Å². The summed E-state index contributed by atoms with van der Waals surface area (Å²) in [6.07, 6.45) is 8.94. The zero-order valence-electron chi connectivity index (χ0n) is 63.4. The highest BCUT2D eigenvalue weighted by Gasteiger charge is 2.62. The molecule has 6 aromatic rings. The summed E-state index contributed by atoms with van der Waals surface area (Å²) in [5, 5.41) is 0.132. The summed E-state index contributed by atoms with van der Waals surface area (Å²) in [7, 11) is -4.90. The van der Waals surface area contributed by atoms with Gasteiger partial charge in [0, 0.05) is 19.1 Å². The van der Waals surface area contributed by atoms with Crippen LogP contribution in [0.1, 0.15) is 327 Å². The van der Waals surface area contributed by atoms with Gasteiger partial charge >= 0.3 is 11.9 Å². The van der Waals surface area contributed by atoms with Crippen molar-refractivity contribution in [2.24, 2.45) is 9.27 Å². The fraction of sp³-hybridized carbons (Fsp3) is 0.615. The molecule has 90 heavy (non-hydrogen) atoms. The molecule has 0 N–H and O–H groups in total. The quantitative estimate of drug-likeness (QED) is 0.0636. The molecule has 0 unspecified atom stereocenters. The van der Waals surface area contributed by atoms with Gasteiger partial charge < -0.3 is 17.5 Å². The van der Waals surface area contributed by atoms with Gasteiger partial charge in [-0.2, -0.15) is 0 Å². The molecule has 6 rings (SSSR count). The average molecular weight is 1290 g/mol. The maximum absolute atomic E-state index is 7.36. The van der Waals surface area contributed by atoms with Gasteiger partial charge in [-0.1, -0.05) is 308 Å². The second kappa shape index (κ2) is 28.5. The largest absolute Gasteiger partial charge is 0.764 e. The predicted molar refractivity (Wildman–Crippen MR) is 395 cm³/mol. The van der Waals surface area contributed by atoms with Crippen molar-refractivity contribution >= 4 is 47.6 Å². The van der Waals surface area contributed by atoms with Gasteiger partial charge in [0.1, 0.15) is 47.5 Å². The Bertz CT molecular complexity index is 2870. The third-order valence-corrected chi connectivity index (χ3v) is 35.4. The Labute approximate surface area is 557 Å². The summed E-state index contributed by atoms with van der Waals surface area (Å²) in [6, 6.07) is 27.2. The molecule has 0 aliphatic heterocycles. The molecule has 0 atom stereocenters. The molecule has 0 aliphatic rings. The van der Waals surface area contributed by atoms with Gasteiger partial charge in [0.25, 0.3) is 0 Å². The van der Waals surface area contributed by atoms with Crippen LogP contribution in [0.2, 0.25) is 30.2 Å². The van der Waals surface area contributed by atoms with Crippen molar-refractivity contribution < 1.29 is 17.4 Å². The zero-order valence-corrected chi connectivity index (χ0v) is 67.4. The Morgan fingerprint density at radius 1 is 0.322 bits per heavy atom. The summed E-state index contributed by atoms with van der Waals surface area (Å²) in [6.45, 7) is 79.5. The standard InChI is InChI=1S/2C39H63N3OSi2/c2*1-26(2)30-20-18-21-31(27(3)4)34(30)41-24-25-42(35-32(28(5)6)22-19-23-33(35)29(7)8)36(41)40-44-43-45(37(9,10)11,38(12,13)14)39(15,16)17/h2*18-29H,1-17H3. The van der Waals surface area contributed by atoms with Crippen LogP contribution in [-0.2, 0) is 8.23 Å². The lowest BCUT2D eigenvalue weighted by molar-refractivity contribution is -0.582. The van der Waals surface area contributed by atoms with Crippen molar-refractivity contribution in [3.8, 4) is 22.7 Å². The molecule has 8 nitrogen and oxygen atoms in total. The summed E-state index contributed by atoms with van der Waals surface area (Å²) in [5.41, 5.74) is 15.7. The minimum absolute atomic E-state index is 0.00853. The van der Waals surface area contributed by atoms with Crippen LogP contribution in [0.15, 0.2) is 107 Å². The van der Waals surface area contributed by atoms with Gasteiger partial charge in [-0.3, -0.25) is 0 Å². The van der Waals surface area contributed by atoms with E-state index in [1.54, 1.807) is 0 Å². The highest BCUT2D eigenvalue weighted by molar-refractivity contribution is 6.85. The minimum atomic E-state index is -2.44. The highest BCUT2D eigenvalue weighted by Crippen LogP contribution is 2.63. The Morgan fingerprint density at radius 2 is 0.511 bits per heavy atom. The lowest BCUT2D eigenvalue weighted by Gasteiger charge is -2.60. The first kappa shape index (κ1) is 76.1. The maximum atomic E-state index is 7.36. The van der Waals surface area contributed by atoms with Crippen LogP contribution >= 0.6 is 0 Å². The molecule has 0 fully saturated rings. The molecule has 0 saturated heterocycles. The van der Waals surface area contributed by atoms with Crippen molar-refractivity contribution in [2.45, 2.75) is 313 Å². The second-order valence-electron chi connectivity index (χ2n) is 34.5. The molecule has 0 saturated carbocycles. The predicted octanol–water partition coefficient (Wildman–Crippen LogP) is 24.1. The van der Waals surface area contributed by atoms with Gasteiger partial charge in [-0.05, 0) is 122 Å². The first-order valence-corrected chi connectivity index (χ1v) is 39.7. The number of rotatable bonds is 18. The van der Waals surface area contributed by atoms with Crippen molar-refractivity contribution in [3.63, 3.8) is 0 Å². The van der Waals surface area contributed by atoms with Gasteiger partial charge in [-0.15, -0.1) is 0 Å². The topological polar surface area (TPSA) is 60.8 Å². The van der Waals surface area contributed by atoms with E-state index in [0.717, 1.165) is 11.9 Å². The molecule has 0 radical (unpaired) electrons. The highest BCUT2D eigenvalue weighted by atomic mass is 28.4. The summed E-state index contributed by atoms with van der Waals surface area (Å²) in [5.74, 6) is 4.84. The van der Waals surface area contributed by atoms with Crippen molar-refractivity contribution in [1.82, 2.24) is 9.13 Å². The number of para-hydroxylation sites is 4. The minimum Gasteiger partial charge on any atom is -0.764 e. The molecule has 2 heterocycles. The monoisotopic (exact) mass is 1290 g/mol. The van der Waals surface area contributed by atoms with Gasteiger partial charge in [-0.25, -0.2) is 18.3 Å². The van der Waals surface area contributed by atoms with E-state index in [-0.39, 0.29) is 49.3 Å². The fourth-order valence-electron chi connectivity index (χ4n) is 16.8. The molecule has 0 amide bonds. The van der Waals surface area contributed by atoms with Crippen molar-refractivity contribution in [2.75, 3.05) is 0 Å². The van der Waals surface area contributed by atoms with E-state index in [0.29, 0.717) is 47.3 Å². The molecule has 4 aromatic carbocycles. The van der Waals surface area contributed by atoms with Crippen LogP contribution in [-0.4, -0.2) is 44.9 Å². The third kappa shape index (κ3) is 15.1. The number of benzene rings is 4. The van der Waals surface area contributed by atoms with E-state index >= 15 is 0 Å². The lowest BCUT2D eigenvalue weighted by atomic mass is 9.92. The fourth-order valence-corrected chi connectivity index (χ4v) is 39.7. The van der Waals surface area contributed by atoms with Crippen LogP contribution in [0, 0.1) is 0 Å². The Balaban J connectivity index is 0.000000327. The molecule has 496 valence electrons. The van der Waals surface area contributed by atoms with E-state index in [2.05, 4.69) is 351 Å². The Kier molecular flexibility index (Phi) is 24.1. The molecule has 0 bridgehead atoms. The van der Waals surface area contributed by atoms with Crippen molar-refractivity contribution in [1.29, 1.82) is 0 Å². The van der Waals surface area contributed by atoms with Crippen LogP contribution in [0.25, 0.3) is 22.7 Å². The number of imidazole rings is 2. The van der Waals surface area contributed by atoms with E-state index in [4.69, 9.17) is 17.5 Å². The molecule has 2 aromatic heterocycles. The summed E-state index contributed by atoms with van der Waals surface area (Å²) in [4.78, 5) is 0. The molecule has 12 heteroatoms. The number of aromatic nitrogens is 4. The second-order valence-corrected chi connectivity index (χ2v) is 48.7. The average Bonchev–Trinajstić information content (AvgIpc) is 0.899. The van der Waals surface area contributed by atoms with Crippen LogP contribution in [0.5, 0.6) is 0 Å².